The highest BCUT2D eigenvalue weighted by atomic mass is 79.9. The van der Waals surface area contributed by atoms with Crippen LogP contribution in [0.15, 0.2) is 16.6 Å². The van der Waals surface area contributed by atoms with E-state index in [0.29, 0.717) is 0 Å². The smallest absolute Gasteiger partial charge is 0.346 e. The fourth-order valence-corrected chi connectivity index (χ4v) is 2.44. The molecule has 1 aromatic carbocycles. The second kappa shape index (κ2) is 8.47. The van der Waals surface area contributed by atoms with Gasteiger partial charge in [0.1, 0.15) is 5.69 Å². The fraction of sp³-hybridized carbons (Fsp3) is 0.429. The first-order chi connectivity index (χ1) is 10.8. The normalized spacial score (nSPS) is 11.5. The van der Waals surface area contributed by atoms with Crippen molar-refractivity contribution in [3.8, 4) is 0 Å². The van der Waals surface area contributed by atoms with Crippen LogP contribution in [0.5, 0.6) is 0 Å². The Kier molecular flexibility index (Phi) is 6.95. The Balaban J connectivity index is 3.14. The van der Waals surface area contributed by atoms with E-state index in [9.17, 15) is 19.7 Å². The number of carbonyl (C=O) groups is 2. The van der Waals surface area contributed by atoms with Gasteiger partial charge in [-0.25, -0.2) is 4.79 Å². The number of nitrogens with one attached hydrogen (secondary N) is 1. The van der Waals surface area contributed by atoms with Gasteiger partial charge in [-0.3, -0.25) is 14.9 Å². The molecule has 0 heterocycles. The highest BCUT2D eigenvalue weighted by molar-refractivity contribution is 9.10. The molecule has 9 heteroatoms. The van der Waals surface area contributed by atoms with E-state index in [4.69, 9.17) is 4.74 Å². The summed E-state index contributed by atoms with van der Waals surface area (Å²) in [5.74, 6) is -1.24. The quantitative estimate of drug-likeness (QED) is 0.434. The number of anilines is 1. The molecule has 1 rings (SSSR count). The van der Waals surface area contributed by atoms with Gasteiger partial charge >= 0.3 is 17.6 Å². The van der Waals surface area contributed by atoms with E-state index in [2.05, 4.69) is 26.0 Å². The first-order valence-electron chi connectivity index (χ1n) is 6.79. The zero-order valence-electron chi connectivity index (χ0n) is 12.9. The molecule has 0 amide bonds. The van der Waals surface area contributed by atoms with Gasteiger partial charge in [0.15, 0.2) is 5.56 Å². The summed E-state index contributed by atoms with van der Waals surface area (Å²) in [7, 11) is 1.14. The first-order valence-corrected chi connectivity index (χ1v) is 7.58. The Labute approximate surface area is 141 Å². The maximum atomic E-state index is 11.8. The van der Waals surface area contributed by atoms with Gasteiger partial charge in [0, 0.05) is 10.5 Å². The van der Waals surface area contributed by atoms with Crippen molar-refractivity contribution < 1.29 is 24.0 Å². The molecule has 0 aliphatic heterocycles. The van der Waals surface area contributed by atoms with Gasteiger partial charge in [-0.05, 0) is 41.9 Å². The van der Waals surface area contributed by atoms with Crippen LogP contribution in [0.2, 0.25) is 0 Å². The summed E-state index contributed by atoms with van der Waals surface area (Å²) in [5.41, 5.74) is -0.483. The van der Waals surface area contributed by atoms with Crippen molar-refractivity contribution in [3.05, 3.63) is 32.3 Å². The molecule has 0 spiro atoms. The number of nitrogens with zero attached hydrogens (tertiary/aromatic N) is 1. The third-order valence-electron chi connectivity index (χ3n) is 2.88. The van der Waals surface area contributed by atoms with Crippen LogP contribution in [0.4, 0.5) is 11.4 Å². The van der Waals surface area contributed by atoms with Gasteiger partial charge in [0.2, 0.25) is 0 Å². The SMILES string of the molecule is CCOC(=O)CC(C)Nc1ccc(Br)c(C(=O)OC)c1[N+](=O)[O-]. The molecule has 1 aromatic rings. The molecule has 1 atom stereocenters. The fourth-order valence-electron chi connectivity index (χ4n) is 1.96. The number of hydrogen-bond acceptors (Lipinski definition) is 7. The Morgan fingerprint density at radius 3 is 2.61 bits per heavy atom. The van der Waals surface area contributed by atoms with Crippen LogP contribution < -0.4 is 5.32 Å². The predicted molar refractivity (Wildman–Crippen MR) is 86.5 cm³/mol. The lowest BCUT2D eigenvalue weighted by atomic mass is 10.1. The molecule has 1 N–H and O–H groups in total. The summed E-state index contributed by atoms with van der Waals surface area (Å²) in [5, 5.41) is 14.2. The number of rotatable bonds is 7. The van der Waals surface area contributed by atoms with Gasteiger partial charge in [-0.2, -0.15) is 0 Å². The Morgan fingerprint density at radius 1 is 1.43 bits per heavy atom. The van der Waals surface area contributed by atoms with Crippen LogP contribution in [0.1, 0.15) is 30.6 Å². The predicted octanol–water partition coefficient (Wildman–Crippen LogP) is 2.90. The first kappa shape index (κ1) is 18.9. The molecule has 0 aliphatic rings. The summed E-state index contributed by atoms with van der Waals surface area (Å²) in [6.07, 6.45) is 0.0363. The van der Waals surface area contributed by atoms with Gasteiger partial charge < -0.3 is 14.8 Å². The molecular formula is C14H17BrN2O6. The van der Waals surface area contributed by atoms with Crippen LogP contribution in [-0.4, -0.2) is 36.6 Å². The van der Waals surface area contributed by atoms with E-state index in [1.165, 1.54) is 12.1 Å². The molecule has 0 saturated heterocycles. The lowest BCUT2D eigenvalue weighted by Gasteiger charge is -2.16. The highest BCUT2D eigenvalue weighted by Gasteiger charge is 2.29. The van der Waals surface area contributed by atoms with Crippen molar-refractivity contribution in [2.75, 3.05) is 19.0 Å². The van der Waals surface area contributed by atoms with Crippen molar-refractivity contribution in [3.63, 3.8) is 0 Å². The molecule has 0 fully saturated rings. The van der Waals surface area contributed by atoms with Crippen molar-refractivity contribution in [2.45, 2.75) is 26.3 Å². The van der Waals surface area contributed by atoms with Crippen LogP contribution in [0.25, 0.3) is 0 Å². The minimum atomic E-state index is -0.828. The summed E-state index contributed by atoms with van der Waals surface area (Å²) in [6.45, 7) is 3.63. The molecule has 0 aromatic heterocycles. The molecule has 1 unspecified atom stereocenters. The lowest BCUT2D eigenvalue weighted by molar-refractivity contribution is -0.384. The molecule has 0 saturated carbocycles. The second-order valence-electron chi connectivity index (χ2n) is 4.62. The number of hydrogen-bond donors (Lipinski definition) is 1. The zero-order valence-corrected chi connectivity index (χ0v) is 14.5. The third-order valence-corrected chi connectivity index (χ3v) is 3.54. The average molecular weight is 389 g/mol. The van der Waals surface area contributed by atoms with E-state index < -0.39 is 28.6 Å². The Hall–Kier alpha value is -2.16. The number of carbonyl (C=O) groups excluding carboxylic acids is 2. The highest BCUT2D eigenvalue weighted by Crippen LogP contribution is 2.35. The zero-order chi connectivity index (χ0) is 17.6. The van der Waals surface area contributed by atoms with E-state index in [1.54, 1.807) is 13.8 Å². The van der Waals surface area contributed by atoms with Crippen molar-refractivity contribution in [1.29, 1.82) is 0 Å². The van der Waals surface area contributed by atoms with E-state index >= 15 is 0 Å². The van der Waals surface area contributed by atoms with Gasteiger partial charge in [-0.1, -0.05) is 0 Å². The topological polar surface area (TPSA) is 108 Å². The Bertz CT molecular complexity index is 620. The number of halogens is 1. The van der Waals surface area contributed by atoms with Gasteiger partial charge in [-0.15, -0.1) is 0 Å². The van der Waals surface area contributed by atoms with E-state index in [-0.39, 0.29) is 28.8 Å². The number of nitro benzene ring substituents is 1. The molecular weight excluding hydrogens is 372 g/mol. The number of benzene rings is 1. The lowest BCUT2D eigenvalue weighted by Crippen LogP contribution is -2.22. The number of esters is 2. The van der Waals surface area contributed by atoms with E-state index in [1.807, 2.05) is 0 Å². The van der Waals surface area contributed by atoms with Crippen molar-refractivity contribution in [1.82, 2.24) is 0 Å². The molecule has 8 nitrogen and oxygen atoms in total. The summed E-state index contributed by atoms with van der Waals surface area (Å²) in [6, 6.07) is 2.54. The number of nitro groups is 1. The number of methoxy groups -OCH3 is 1. The van der Waals surface area contributed by atoms with Gasteiger partial charge in [0.25, 0.3) is 0 Å². The second-order valence-corrected chi connectivity index (χ2v) is 5.48. The number of ether oxygens (including phenoxy) is 2. The maximum absolute atomic E-state index is 11.8. The van der Waals surface area contributed by atoms with Crippen LogP contribution in [0.3, 0.4) is 0 Å². The van der Waals surface area contributed by atoms with E-state index in [0.717, 1.165) is 7.11 Å². The summed E-state index contributed by atoms with van der Waals surface area (Å²) < 4.78 is 9.67. The third kappa shape index (κ3) is 4.92. The molecule has 0 bridgehead atoms. The van der Waals surface area contributed by atoms with Gasteiger partial charge in [0.05, 0.1) is 25.1 Å². The maximum Gasteiger partial charge on any atom is 0.346 e. The summed E-state index contributed by atoms with van der Waals surface area (Å²) >= 11 is 3.11. The molecule has 23 heavy (non-hydrogen) atoms. The molecule has 0 radical (unpaired) electrons. The minimum Gasteiger partial charge on any atom is -0.466 e. The standard InChI is InChI=1S/C14H17BrN2O6/c1-4-23-11(18)7-8(2)16-10-6-5-9(15)12(14(19)22-3)13(10)17(20)21/h5-6,8,16H,4,7H2,1-3H3. The molecule has 126 valence electrons. The van der Waals surface area contributed by atoms with Crippen molar-refractivity contribution in [2.24, 2.45) is 0 Å². The minimum absolute atomic E-state index is 0.0363. The Morgan fingerprint density at radius 2 is 2.09 bits per heavy atom. The van der Waals surface area contributed by atoms with Crippen LogP contribution in [-0.2, 0) is 14.3 Å². The van der Waals surface area contributed by atoms with Crippen LogP contribution in [0, 0.1) is 10.1 Å². The monoisotopic (exact) mass is 388 g/mol. The molecule has 0 aliphatic carbocycles. The average Bonchev–Trinajstić information content (AvgIpc) is 2.47. The van der Waals surface area contributed by atoms with Crippen LogP contribution >= 0.6 is 15.9 Å². The largest absolute Gasteiger partial charge is 0.466 e. The summed E-state index contributed by atoms with van der Waals surface area (Å²) in [4.78, 5) is 34.0. The van der Waals surface area contributed by atoms with Crippen molar-refractivity contribution >= 4 is 39.2 Å².